The molecule has 0 aliphatic carbocycles. The molecule has 0 spiro atoms. The maximum absolute atomic E-state index is 11.2. The highest BCUT2D eigenvalue weighted by molar-refractivity contribution is 5.99. The quantitative estimate of drug-likeness (QED) is 0.224. The van der Waals surface area contributed by atoms with Gasteiger partial charge < -0.3 is 19.5 Å². The standard InChI is InChI=1S/C23H26N2O5/c1-3-4-15-29-25-21(17-28-20-12-8-11-19(16-20)23(26)27)22(30-24-2)14-13-18-9-6-5-7-10-18/h5-12,14,16H,2-4,13,15,17H2,1H3,(H,26,27)/b22-14-,25-21+. The van der Waals surface area contributed by atoms with Gasteiger partial charge in [0.15, 0.2) is 11.5 Å². The molecule has 0 saturated heterocycles. The Balaban J connectivity index is 2.19. The minimum absolute atomic E-state index is 0.00530. The maximum Gasteiger partial charge on any atom is 0.335 e. The van der Waals surface area contributed by atoms with Crippen molar-refractivity contribution >= 4 is 18.4 Å². The molecule has 0 bridgehead atoms. The van der Waals surface area contributed by atoms with Gasteiger partial charge >= 0.3 is 5.97 Å². The molecular weight excluding hydrogens is 384 g/mol. The molecule has 0 aliphatic heterocycles. The minimum Gasteiger partial charge on any atom is -0.487 e. The first-order valence-corrected chi connectivity index (χ1v) is 9.66. The largest absolute Gasteiger partial charge is 0.487 e. The van der Waals surface area contributed by atoms with E-state index in [1.165, 1.54) is 12.1 Å². The van der Waals surface area contributed by atoms with Gasteiger partial charge in [-0.1, -0.05) is 60.1 Å². The zero-order chi connectivity index (χ0) is 21.6. The summed E-state index contributed by atoms with van der Waals surface area (Å²) < 4.78 is 5.74. The number of unbranched alkanes of at least 4 members (excludes halogenated alkanes) is 1. The van der Waals surface area contributed by atoms with Gasteiger partial charge in [-0.05, 0) is 42.7 Å². The third-order valence-electron chi connectivity index (χ3n) is 4.03. The van der Waals surface area contributed by atoms with Crippen molar-refractivity contribution in [1.82, 2.24) is 0 Å². The van der Waals surface area contributed by atoms with Crippen LogP contribution in [0.4, 0.5) is 0 Å². The van der Waals surface area contributed by atoms with E-state index in [0.717, 1.165) is 18.4 Å². The average molecular weight is 410 g/mol. The van der Waals surface area contributed by atoms with Crippen molar-refractivity contribution in [2.75, 3.05) is 13.2 Å². The van der Waals surface area contributed by atoms with E-state index in [9.17, 15) is 4.79 Å². The topological polar surface area (TPSA) is 89.7 Å². The number of aromatic carboxylic acids is 1. The molecule has 0 radical (unpaired) electrons. The zero-order valence-electron chi connectivity index (χ0n) is 17.0. The SMILES string of the molecule is C=NOC(=C\Cc1ccccc1)/C(COc1cccc(C(=O)O)c1)=N/OCCCC. The van der Waals surface area contributed by atoms with Crippen LogP contribution >= 0.6 is 0 Å². The Morgan fingerprint density at radius 1 is 1.17 bits per heavy atom. The van der Waals surface area contributed by atoms with E-state index in [1.54, 1.807) is 12.1 Å². The van der Waals surface area contributed by atoms with Gasteiger partial charge in [-0.2, -0.15) is 0 Å². The second kappa shape index (κ2) is 12.8. The molecule has 1 N–H and O–H groups in total. The molecule has 0 heterocycles. The number of carboxylic acids is 1. The van der Waals surface area contributed by atoms with E-state index in [2.05, 4.69) is 24.0 Å². The number of hydrogen-bond acceptors (Lipinski definition) is 6. The molecular formula is C23H26N2O5. The molecule has 0 amide bonds. The molecule has 7 nitrogen and oxygen atoms in total. The monoisotopic (exact) mass is 410 g/mol. The van der Waals surface area contributed by atoms with Crippen molar-refractivity contribution < 1.29 is 24.3 Å². The van der Waals surface area contributed by atoms with E-state index in [4.69, 9.17) is 19.5 Å². The highest BCUT2D eigenvalue weighted by atomic mass is 16.6. The highest BCUT2D eigenvalue weighted by Crippen LogP contribution is 2.15. The number of allylic oxidation sites excluding steroid dienone is 1. The Labute approximate surface area is 176 Å². The van der Waals surface area contributed by atoms with Crippen LogP contribution in [-0.2, 0) is 16.1 Å². The maximum atomic E-state index is 11.2. The first-order valence-electron chi connectivity index (χ1n) is 9.66. The third kappa shape index (κ3) is 7.79. The minimum atomic E-state index is -1.03. The van der Waals surface area contributed by atoms with Crippen molar-refractivity contribution in [3.05, 3.63) is 77.6 Å². The fourth-order valence-corrected chi connectivity index (χ4v) is 2.45. The Morgan fingerprint density at radius 2 is 1.97 bits per heavy atom. The summed E-state index contributed by atoms with van der Waals surface area (Å²) in [5.41, 5.74) is 1.60. The van der Waals surface area contributed by atoms with Crippen LogP contribution in [0.2, 0.25) is 0 Å². The van der Waals surface area contributed by atoms with E-state index in [-0.39, 0.29) is 12.2 Å². The summed E-state index contributed by atoms with van der Waals surface area (Å²) in [6.07, 6.45) is 4.25. The van der Waals surface area contributed by atoms with E-state index < -0.39 is 5.97 Å². The summed E-state index contributed by atoms with van der Waals surface area (Å²) in [5.74, 6) is -0.273. The van der Waals surface area contributed by atoms with Crippen LogP contribution in [0.25, 0.3) is 0 Å². The average Bonchev–Trinajstić information content (AvgIpc) is 2.77. The number of rotatable bonds is 13. The number of carbonyl (C=O) groups is 1. The molecule has 0 aliphatic rings. The first-order chi connectivity index (χ1) is 14.6. The molecule has 2 rings (SSSR count). The van der Waals surface area contributed by atoms with E-state index in [1.807, 2.05) is 36.4 Å². The highest BCUT2D eigenvalue weighted by Gasteiger charge is 2.13. The molecule has 0 unspecified atom stereocenters. The number of hydrogen-bond donors (Lipinski definition) is 1. The molecule has 0 aromatic heterocycles. The number of benzene rings is 2. The summed E-state index contributed by atoms with van der Waals surface area (Å²) in [7, 11) is 0. The molecule has 7 heteroatoms. The fourth-order valence-electron chi connectivity index (χ4n) is 2.45. The van der Waals surface area contributed by atoms with Gasteiger partial charge in [0.2, 0.25) is 0 Å². The number of nitrogens with zero attached hydrogens (tertiary/aromatic N) is 2. The van der Waals surface area contributed by atoms with E-state index >= 15 is 0 Å². The molecule has 30 heavy (non-hydrogen) atoms. The van der Waals surface area contributed by atoms with Crippen molar-refractivity contribution in [3.8, 4) is 5.75 Å². The van der Waals surface area contributed by atoms with Crippen molar-refractivity contribution in [1.29, 1.82) is 0 Å². The Bertz CT molecular complexity index is 878. The summed E-state index contributed by atoms with van der Waals surface area (Å²) in [6, 6.07) is 16.1. The number of oxime groups is 2. The molecule has 2 aromatic carbocycles. The lowest BCUT2D eigenvalue weighted by molar-refractivity contribution is 0.0696. The smallest absolute Gasteiger partial charge is 0.335 e. The van der Waals surface area contributed by atoms with Crippen LogP contribution in [0, 0.1) is 0 Å². The van der Waals surface area contributed by atoms with Crippen LogP contribution in [0.5, 0.6) is 5.75 Å². The van der Waals surface area contributed by atoms with Crippen LogP contribution in [-0.4, -0.2) is 36.7 Å². The van der Waals surface area contributed by atoms with E-state index in [0.29, 0.717) is 30.2 Å². The summed E-state index contributed by atoms with van der Waals surface area (Å²) in [4.78, 5) is 21.9. The van der Waals surface area contributed by atoms with Crippen LogP contribution in [0.15, 0.2) is 76.7 Å². The van der Waals surface area contributed by atoms with Gasteiger partial charge in [0.05, 0.1) is 5.56 Å². The molecule has 0 atom stereocenters. The lowest BCUT2D eigenvalue weighted by Crippen LogP contribution is -2.17. The Hall–Kier alpha value is -3.61. The predicted octanol–water partition coefficient (Wildman–Crippen LogP) is 4.70. The van der Waals surface area contributed by atoms with Gasteiger partial charge in [-0.25, -0.2) is 4.79 Å². The summed E-state index contributed by atoms with van der Waals surface area (Å²) in [6.45, 7) is 5.91. The zero-order valence-corrected chi connectivity index (χ0v) is 17.0. The second-order valence-electron chi connectivity index (χ2n) is 6.32. The summed E-state index contributed by atoms with van der Waals surface area (Å²) in [5, 5.41) is 16.8. The second-order valence-corrected chi connectivity index (χ2v) is 6.32. The number of carboxylic acid groups (broad SMARTS) is 1. The normalized spacial score (nSPS) is 11.6. The molecule has 0 saturated carbocycles. The fraction of sp³-hybridized carbons (Fsp3) is 0.261. The molecule has 0 fully saturated rings. The summed E-state index contributed by atoms with van der Waals surface area (Å²) >= 11 is 0. The lowest BCUT2D eigenvalue weighted by Gasteiger charge is -2.11. The van der Waals surface area contributed by atoms with Gasteiger partial charge in [0.25, 0.3) is 0 Å². The van der Waals surface area contributed by atoms with Gasteiger partial charge in [0, 0.05) is 6.72 Å². The first kappa shape index (κ1) is 22.7. The Morgan fingerprint density at radius 3 is 2.67 bits per heavy atom. The van der Waals surface area contributed by atoms with Gasteiger partial charge in [-0.3, -0.25) is 0 Å². The predicted molar refractivity (Wildman–Crippen MR) is 116 cm³/mol. The number of ether oxygens (including phenoxy) is 1. The van der Waals surface area contributed by atoms with Crippen LogP contribution in [0.1, 0.15) is 35.7 Å². The Kier molecular flexibility index (Phi) is 9.65. The third-order valence-corrected chi connectivity index (χ3v) is 4.03. The van der Waals surface area contributed by atoms with Gasteiger partial charge in [-0.15, -0.1) is 0 Å². The van der Waals surface area contributed by atoms with Crippen LogP contribution in [0.3, 0.4) is 0 Å². The lowest BCUT2D eigenvalue weighted by atomic mass is 10.1. The van der Waals surface area contributed by atoms with Crippen LogP contribution < -0.4 is 4.74 Å². The van der Waals surface area contributed by atoms with Crippen molar-refractivity contribution in [2.24, 2.45) is 10.3 Å². The molecule has 158 valence electrons. The van der Waals surface area contributed by atoms with Crippen molar-refractivity contribution in [3.63, 3.8) is 0 Å². The van der Waals surface area contributed by atoms with Gasteiger partial charge in [0.1, 0.15) is 19.0 Å². The molecule has 2 aromatic rings. The van der Waals surface area contributed by atoms with Crippen molar-refractivity contribution in [2.45, 2.75) is 26.2 Å².